The summed E-state index contributed by atoms with van der Waals surface area (Å²) in [5.41, 5.74) is 1.27. The van der Waals surface area contributed by atoms with E-state index in [-0.39, 0.29) is 0 Å². The summed E-state index contributed by atoms with van der Waals surface area (Å²) in [7, 11) is 0. The molecule has 4 heteroatoms. The topological polar surface area (TPSA) is 45.0 Å². The molecule has 0 saturated heterocycles. The van der Waals surface area contributed by atoms with Crippen molar-refractivity contribution in [3.63, 3.8) is 0 Å². The maximum absolute atomic E-state index is 8.98. The molecule has 1 N–H and O–H groups in total. The minimum Gasteiger partial charge on any atom is -0.382 e. The van der Waals surface area contributed by atoms with Gasteiger partial charge >= 0.3 is 0 Å². The van der Waals surface area contributed by atoms with Gasteiger partial charge in [0, 0.05) is 13.2 Å². The number of nitriles is 1. The Kier molecular flexibility index (Phi) is 4.24. The van der Waals surface area contributed by atoms with Crippen molar-refractivity contribution in [3.8, 4) is 6.07 Å². The number of benzene rings is 1. The molecule has 1 fully saturated rings. The molecular weight excluding hydrogens is 236 g/mol. The first-order valence-corrected chi connectivity index (χ1v) is 6.19. The van der Waals surface area contributed by atoms with Gasteiger partial charge in [-0.15, -0.1) is 0 Å². The Hall–Kier alpha value is -1.24. The second-order valence-electron chi connectivity index (χ2n) is 4.22. The first-order valence-electron chi connectivity index (χ1n) is 5.81. The summed E-state index contributed by atoms with van der Waals surface area (Å²) in [5.74, 6) is 0.788. The van der Waals surface area contributed by atoms with Gasteiger partial charge in [0.1, 0.15) is 6.07 Å². The highest BCUT2D eigenvalue weighted by Crippen LogP contribution is 2.28. The molecule has 0 bridgehead atoms. The Morgan fingerprint density at radius 1 is 1.47 bits per heavy atom. The number of anilines is 1. The Morgan fingerprint density at radius 3 is 3.00 bits per heavy atom. The van der Waals surface area contributed by atoms with Crippen LogP contribution in [0, 0.1) is 17.2 Å². The number of nitrogens with one attached hydrogen (secondary N) is 1. The lowest BCUT2D eigenvalue weighted by Crippen LogP contribution is -2.11. The number of ether oxygens (including phenoxy) is 1. The van der Waals surface area contributed by atoms with E-state index in [1.165, 1.54) is 12.8 Å². The molecule has 1 aliphatic rings. The highest BCUT2D eigenvalue weighted by atomic mass is 35.5. The Labute approximate surface area is 106 Å². The molecule has 0 atom stereocenters. The van der Waals surface area contributed by atoms with Crippen LogP contribution in [0.1, 0.15) is 18.4 Å². The van der Waals surface area contributed by atoms with Gasteiger partial charge in [-0.25, -0.2) is 0 Å². The molecule has 1 saturated carbocycles. The molecule has 0 unspecified atom stereocenters. The number of hydrogen-bond donors (Lipinski definition) is 1. The molecule has 0 heterocycles. The SMILES string of the molecule is N#Cc1c(Cl)cccc1NCCOCC1CC1. The maximum Gasteiger partial charge on any atom is 0.103 e. The van der Waals surface area contributed by atoms with Crippen LogP contribution in [0.4, 0.5) is 5.69 Å². The summed E-state index contributed by atoms with van der Waals surface area (Å²) in [6, 6.07) is 7.50. The summed E-state index contributed by atoms with van der Waals surface area (Å²) in [6.45, 7) is 2.22. The monoisotopic (exact) mass is 250 g/mol. The molecule has 0 aromatic heterocycles. The van der Waals surface area contributed by atoms with E-state index in [0.717, 1.165) is 18.2 Å². The standard InChI is InChI=1S/C13H15ClN2O/c14-12-2-1-3-13(11(12)8-15)16-6-7-17-9-10-4-5-10/h1-3,10,16H,4-7,9H2. The predicted octanol–water partition coefficient (Wildman–Crippen LogP) is 3.05. The van der Waals surface area contributed by atoms with E-state index >= 15 is 0 Å². The van der Waals surface area contributed by atoms with E-state index in [1.807, 2.05) is 12.1 Å². The minimum atomic E-state index is 0.483. The third kappa shape index (κ3) is 3.62. The number of halogens is 1. The second-order valence-corrected chi connectivity index (χ2v) is 4.63. The lowest BCUT2D eigenvalue weighted by Gasteiger charge is -2.09. The van der Waals surface area contributed by atoms with E-state index in [2.05, 4.69) is 11.4 Å². The first kappa shape index (κ1) is 12.2. The van der Waals surface area contributed by atoms with Crippen LogP contribution in [0.15, 0.2) is 18.2 Å². The van der Waals surface area contributed by atoms with Crippen molar-refractivity contribution in [2.24, 2.45) is 5.92 Å². The van der Waals surface area contributed by atoms with Crippen molar-refractivity contribution in [1.29, 1.82) is 5.26 Å². The molecule has 1 aromatic carbocycles. The largest absolute Gasteiger partial charge is 0.382 e. The minimum absolute atomic E-state index is 0.483. The number of rotatable bonds is 6. The van der Waals surface area contributed by atoms with Crippen LogP contribution < -0.4 is 5.32 Å². The van der Waals surface area contributed by atoms with Crippen LogP contribution >= 0.6 is 11.6 Å². The lowest BCUT2D eigenvalue weighted by molar-refractivity contribution is 0.134. The van der Waals surface area contributed by atoms with Crippen molar-refractivity contribution in [3.05, 3.63) is 28.8 Å². The Bertz CT molecular complexity index is 424. The maximum atomic E-state index is 8.98. The highest BCUT2D eigenvalue weighted by Gasteiger charge is 2.20. The predicted molar refractivity (Wildman–Crippen MR) is 68.2 cm³/mol. The fourth-order valence-electron chi connectivity index (χ4n) is 1.58. The molecule has 0 aliphatic heterocycles. The van der Waals surface area contributed by atoms with Gasteiger partial charge in [-0.2, -0.15) is 5.26 Å². The fraction of sp³-hybridized carbons (Fsp3) is 0.462. The van der Waals surface area contributed by atoms with Crippen molar-refractivity contribution >= 4 is 17.3 Å². The zero-order valence-electron chi connectivity index (χ0n) is 9.58. The van der Waals surface area contributed by atoms with Crippen molar-refractivity contribution in [2.45, 2.75) is 12.8 Å². The second kappa shape index (κ2) is 5.90. The average Bonchev–Trinajstić information content (AvgIpc) is 3.13. The number of hydrogen-bond acceptors (Lipinski definition) is 3. The summed E-state index contributed by atoms with van der Waals surface area (Å²) in [5, 5.41) is 12.6. The van der Waals surface area contributed by atoms with Crippen LogP contribution in [0.3, 0.4) is 0 Å². The number of nitrogens with zero attached hydrogens (tertiary/aromatic N) is 1. The third-order valence-electron chi connectivity index (χ3n) is 2.74. The fourth-order valence-corrected chi connectivity index (χ4v) is 1.79. The Morgan fingerprint density at radius 2 is 2.29 bits per heavy atom. The van der Waals surface area contributed by atoms with Gasteiger partial charge in [-0.3, -0.25) is 0 Å². The molecule has 0 amide bonds. The molecular formula is C13H15ClN2O. The van der Waals surface area contributed by atoms with Gasteiger partial charge in [0.25, 0.3) is 0 Å². The van der Waals surface area contributed by atoms with Crippen LogP contribution in [0.2, 0.25) is 5.02 Å². The van der Waals surface area contributed by atoms with E-state index in [1.54, 1.807) is 6.07 Å². The van der Waals surface area contributed by atoms with Gasteiger partial charge in [0.2, 0.25) is 0 Å². The van der Waals surface area contributed by atoms with Gasteiger partial charge in [0.05, 0.1) is 22.9 Å². The van der Waals surface area contributed by atoms with E-state index < -0.39 is 0 Å². The molecule has 3 nitrogen and oxygen atoms in total. The highest BCUT2D eigenvalue weighted by molar-refractivity contribution is 6.32. The zero-order valence-corrected chi connectivity index (χ0v) is 10.3. The van der Waals surface area contributed by atoms with Crippen LogP contribution in [-0.4, -0.2) is 19.8 Å². The normalized spacial score (nSPS) is 14.4. The molecule has 1 aliphatic carbocycles. The first-order chi connectivity index (χ1) is 8.31. The van der Waals surface area contributed by atoms with Crippen molar-refractivity contribution in [1.82, 2.24) is 0 Å². The summed E-state index contributed by atoms with van der Waals surface area (Å²) >= 11 is 5.93. The zero-order chi connectivity index (χ0) is 12.1. The van der Waals surface area contributed by atoms with Crippen LogP contribution in [0.25, 0.3) is 0 Å². The quantitative estimate of drug-likeness (QED) is 0.790. The smallest absolute Gasteiger partial charge is 0.103 e. The van der Waals surface area contributed by atoms with Gasteiger partial charge in [-0.1, -0.05) is 17.7 Å². The average molecular weight is 251 g/mol. The van der Waals surface area contributed by atoms with Crippen LogP contribution in [-0.2, 0) is 4.74 Å². The van der Waals surface area contributed by atoms with Crippen molar-refractivity contribution in [2.75, 3.05) is 25.1 Å². The van der Waals surface area contributed by atoms with Crippen molar-refractivity contribution < 1.29 is 4.74 Å². The summed E-state index contributed by atoms with van der Waals surface area (Å²) in [4.78, 5) is 0. The Balaban J connectivity index is 1.77. The van der Waals surface area contributed by atoms with E-state index in [0.29, 0.717) is 23.7 Å². The van der Waals surface area contributed by atoms with E-state index in [4.69, 9.17) is 21.6 Å². The molecule has 2 rings (SSSR count). The third-order valence-corrected chi connectivity index (χ3v) is 3.05. The van der Waals surface area contributed by atoms with E-state index in [9.17, 15) is 0 Å². The lowest BCUT2D eigenvalue weighted by atomic mass is 10.2. The molecule has 90 valence electrons. The summed E-state index contributed by atoms with van der Waals surface area (Å²) < 4.78 is 5.50. The molecule has 17 heavy (non-hydrogen) atoms. The van der Waals surface area contributed by atoms with Crippen LogP contribution in [0.5, 0.6) is 0 Å². The van der Waals surface area contributed by atoms with Gasteiger partial charge in [0.15, 0.2) is 0 Å². The molecule has 0 radical (unpaired) electrons. The molecule has 1 aromatic rings. The molecule has 0 spiro atoms. The van der Waals surface area contributed by atoms with Gasteiger partial charge in [-0.05, 0) is 30.9 Å². The summed E-state index contributed by atoms with van der Waals surface area (Å²) in [6.07, 6.45) is 2.61. The van der Waals surface area contributed by atoms with Gasteiger partial charge < -0.3 is 10.1 Å².